The van der Waals surface area contributed by atoms with Crippen LogP contribution in [0.4, 0.5) is 5.69 Å². The van der Waals surface area contributed by atoms with Gasteiger partial charge in [0.1, 0.15) is 5.58 Å². The third kappa shape index (κ3) is 7.09. The molecule has 0 spiro atoms. The van der Waals surface area contributed by atoms with Crippen molar-refractivity contribution in [2.24, 2.45) is 16.9 Å². The number of hydrazone groups is 1. The molecule has 0 N–H and O–H groups in total. The Kier molecular flexibility index (Phi) is 10.7. The zero-order chi connectivity index (χ0) is 31.3. The standard InChI is InChI=1S/C23H27N2.C15H12N4O.Ir/c1-17(2)15-20-11-8-12-21(16-18(3)4)22(20)25-14-13-24-23(25)19-9-6-5-7-10-19;1-2-18-9-17-19(10-18)13-8-16-7-12-11-5-3-4-6-14(11)20-15(12)13;/h5-9,11-14,17-18H,15-16H2,1-4H3;3-7,9-10H,2H2,1H3;/q-1;-2;+3. The van der Waals surface area contributed by atoms with Gasteiger partial charge >= 0.3 is 20.1 Å². The first-order chi connectivity index (χ1) is 21.9. The summed E-state index contributed by atoms with van der Waals surface area (Å²) in [5.74, 6) is 2.19. The zero-order valence-corrected chi connectivity index (χ0v) is 29.3. The predicted molar refractivity (Wildman–Crippen MR) is 183 cm³/mol. The molecule has 0 aliphatic carbocycles. The quantitative estimate of drug-likeness (QED) is 0.145. The minimum absolute atomic E-state index is 0. The largest absolute Gasteiger partial charge is 3.00 e. The van der Waals surface area contributed by atoms with E-state index in [4.69, 9.17) is 4.42 Å². The SMILES string of the molecule is CC(C)Cc1cccc(CC(C)C)c1-n1ccnc1-c1[c-]cccc1.CCN1C=NN(c2[c-]ncc3c2oc2ccccc23)[CH-]1.[Ir+3]. The van der Waals surface area contributed by atoms with E-state index in [9.17, 15) is 0 Å². The number of anilines is 1. The van der Waals surface area contributed by atoms with Gasteiger partial charge in [0, 0.05) is 29.1 Å². The molecule has 0 atom stereocenters. The molecule has 4 heterocycles. The number of pyridine rings is 1. The number of hydrogen-bond donors (Lipinski definition) is 0. The van der Waals surface area contributed by atoms with Gasteiger partial charge in [-0.25, -0.2) is 0 Å². The molecule has 0 fully saturated rings. The molecule has 1 aliphatic rings. The van der Waals surface area contributed by atoms with Gasteiger partial charge in [-0.15, -0.1) is 42.6 Å². The smallest absolute Gasteiger partial charge is 0.513 e. The van der Waals surface area contributed by atoms with E-state index in [0.717, 1.165) is 58.4 Å². The number of rotatable bonds is 8. The fraction of sp³-hybridized carbons (Fsp3) is 0.263. The van der Waals surface area contributed by atoms with E-state index < -0.39 is 0 Å². The predicted octanol–water partition coefficient (Wildman–Crippen LogP) is 8.72. The summed E-state index contributed by atoms with van der Waals surface area (Å²) in [4.78, 5) is 10.8. The number of para-hydroxylation sites is 2. The summed E-state index contributed by atoms with van der Waals surface area (Å²) >= 11 is 0. The normalized spacial score (nSPS) is 12.7. The van der Waals surface area contributed by atoms with Gasteiger partial charge in [-0.2, -0.15) is 5.10 Å². The summed E-state index contributed by atoms with van der Waals surface area (Å²) in [6, 6.07) is 26.0. The molecule has 7 rings (SSSR count). The molecule has 46 heavy (non-hydrogen) atoms. The van der Waals surface area contributed by atoms with Crippen molar-refractivity contribution >= 4 is 34.0 Å². The van der Waals surface area contributed by atoms with E-state index in [2.05, 4.69) is 97.0 Å². The summed E-state index contributed by atoms with van der Waals surface area (Å²) in [6.07, 6.45) is 12.6. The second-order valence-corrected chi connectivity index (χ2v) is 12.1. The van der Waals surface area contributed by atoms with E-state index in [-0.39, 0.29) is 20.1 Å². The number of benzene rings is 3. The molecule has 0 radical (unpaired) electrons. The van der Waals surface area contributed by atoms with Crippen molar-refractivity contribution < 1.29 is 24.5 Å². The molecule has 3 aromatic heterocycles. The van der Waals surface area contributed by atoms with Crippen molar-refractivity contribution in [3.05, 3.63) is 115 Å². The Morgan fingerprint density at radius 1 is 0.891 bits per heavy atom. The first kappa shape index (κ1) is 33.1. The van der Waals surface area contributed by atoms with Gasteiger partial charge in [0.05, 0.1) is 12.2 Å². The van der Waals surface area contributed by atoms with Crippen LogP contribution in [-0.2, 0) is 32.9 Å². The minimum Gasteiger partial charge on any atom is -0.513 e. The van der Waals surface area contributed by atoms with Gasteiger partial charge in [0.15, 0.2) is 0 Å². The van der Waals surface area contributed by atoms with Crippen LogP contribution in [0.5, 0.6) is 0 Å². The van der Waals surface area contributed by atoms with Crippen molar-refractivity contribution in [3.8, 4) is 17.1 Å². The fourth-order valence-corrected chi connectivity index (χ4v) is 5.71. The van der Waals surface area contributed by atoms with Gasteiger partial charge in [0.2, 0.25) is 0 Å². The van der Waals surface area contributed by atoms with Crippen LogP contribution in [-0.4, -0.2) is 32.3 Å². The first-order valence-electron chi connectivity index (χ1n) is 15.7. The topological polar surface area (TPSA) is 62.7 Å². The summed E-state index contributed by atoms with van der Waals surface area (Å²) in [5, 5.41) is 8.10. The maximum absolute atomic E-state index is 5.94. The molecule has 8 heteroatoms. The van der Waals surface area contributed by atoms with Crippen molar-refractivity contribution in [2.75, 3.05) is 11.6 Å². The fourth-order valence-electron chi connectivity index (χ4n) is 5.71. The second kappa shape index (κ2) is 14.9. The summed E-state index contributed by atoms with van der Waals surface area (Å²) in [5.41, 5.74) is 7.45. The van der Waals surface area contributed by atoms with Gasteiger partial charge in [-0.1, -0.05) is 81.9 Å². The number of nitrogens with zero attached hydrogens (tertiary/aromatic N) is 6. The molecule has 0 saturated carbocycles. The van der Waals surface area contributed by atoms with E-state index in [1.807, 2.05) is 60.2 Å². The maximum atomic E-state index is 5.94. The van der Waals surface area contributed by atoms with E-state index in [1.54, 1.807) is 17.5 Å². The van der Waals surface area contributed by atoms with Crippen LogP contribution in [0.15, 0.2) is 94.8 Å². The molecule has 0 bridgehead atoms. The average Bonchev–Trinajstić information content (AvgIpc) is 3.80. The molecular weight excluding hydrogens is 749 g/mol. The molecule has 0 saturated heterocycles. The Bertz CT molecular complexity index is 1880. The van der Waals surface area contributed by atoms with Crippen molar-refractivity contribution in [3.63, 3.8) is 0 Å². The maximum Gasteiger partial charge on any atom is 3.00 e. The van der Waals surface area contributed by atoms with Crippen molar-refractivity contribution in [2.45, 2.75) is 47.5 Å². The number of imidazole rings is 1. The molecule has 1 aliphatic heterocycles. The second-order valence-electron chi connectivity index (χ2n) is 12.1. The molecular formula is C38H39IrN6O. The van der Waals surface area contributed by atoms with Gasteiger partial charge in [0.25, 0.3) is 0 Å². The van der Waals surface area contributed by atoms with Gasteiger partial charge in [-0.05, 0) is 61.0 Å². The number of aromatic nitrogens is 3. The van der Waals surface area contributed by atoms with Crippen LogP contribution in [0.1, 0.15) is 45.7 Å². The number of furan rings is 1. The Labute approximate surface area is 285 Å². The number of hydrogen-bond acceptors (Lipinski definition) is 6. The van der Waals surface area contributed by atoms with E-state index in [0.29, 0.717) is 11.8 Å². The third-order valence-corrected chi connectivity index (χ3v) is 7.68. The Morgan fingerprint density at radius 2 is 1.63 bits per heavy atom. The monoisotopic (exact) mass is 788 g/mol. The summed E-state index contributed by atoms with van der Waals surface area (Å²) in [6.45, 7) is 13.9. The Balaban J connectivity index is 0.000000181. The van der Waals surface area contributed by atoms with Crippen molar-refractivity contribution in [1.29, 1.82) is 0 Å². The Hall–Kier alpha value is -4.26. The Morgan fingerprint density at radius 3 is 2.30 bits per heavy atom. The third-order valence-electron chi connectivity index (χ3n) is 7.68. The van der Waals surface area contributed by atoms with Crippen LogP contribution >= 0.6 is 0 Å². The molecule has 236 valence electrons. The summed E-state index contributed by atoms with van der Waals surface area (Å²) < 4.78 is 8.19. The van der Waals surface area contributed by atoms with Crippen LogP contribution < -0.4 is 5.01 Å². The van der Waals surface area contributed by atoms with Crippen LogP contribution in [0, 0.1) is 30.8 Å². The van der Waals surface area contributed by atoms with Crippen LogP contribution in [0.2, 0.25) is 0 Å². The van der Waals surface area contributed by atoms with Gasteiger partial charge in [-0.3, -0.25) is 4.98 Å². The van der Waals surface area contributed by atoms with Crippen molar-refractivity contribution in [1.82, 2.24) is 19.4 Å². The molecule has 7 nitrogen and oxygen atoms in total. The molecule has 3 aromatic carbocycles. The van der Waals surface area contributed by atoms with Crippen LogP contribution in [0.25, 0.3) is 39.0 Å². The first-order valence-corrected chi connectivity index (χ1v) is 15.7. The molecule has 0 amide bonds. The minimum atomic E-state index is 0. The molecule has 0 unspecified atom stereocenters. The summed E-state index contributed by atoms with van der Waals surface area (Å²) in [7, 11) is 0. The van der Waals surface area contributed by atoms with Crippen LogP contribution in [0.3, 0.4) is 0 Å². The van der Waals surface area contributed by atoms with E-state index >= 15 is 0 Å². The number of fused-ring (bicyclic) bond motifs is 3. The van der Waals surface area contributed by atoms with E-state index in [1.165, 1.54) is 16.8 Å². The van der Waals surface area contributed by atoms with Gasteiger partial charge < -0.3 is 23.9 Å². The average molecular weight is 788 g/mol. The molecule has 6 aromatic rings. The zero-order valence-electron chi connectivity index (χ0n) is 26.9.